The number of rotatable bonds is 3. The molecule has 1 aliphatic heterocycles. The van der Waals surface area contributed by atoms with Gasteiger partial charge in [0.05, 0.1) is 17.6 Å². The zero-order valence-electron chi connectivity index (χ0n) is 11.5. The summed E-state index contributed by atoms with van der Waals surface area (Å²) in [6.07, 6.45) is -5.48. The lowest BCUT2D eigenvalue weighted by Gasteiger charge is -2.34. The normalized spacial score (nSPS) is 23.5. The number of likely N-dealkylation sites (tertiary alicyclic amines) is 1. The van der Waals surface area contributed by atoms with Crippen LogP contribution in [-0.4, -0.2) is 40.3 Å². The van der Waals surface area contributed by atoms with Crippen molar-refractivity contribution in [2.75, 3.05) is 13.1 Å². The number of carboxylic acid groups (broad SMARTS) is 1. The van der Waals surface area contributed by atoms with Gasteiger partial charge in [0.1, 0.15) is 5.82 Å². The molecule has 1 heterocycles. The number of benzene rings is 1. The fourth-order valence-electron chi connectivity index (χ4n) is 2.60. The van der Waals surface area contributed by atoms with Gasteiger partial charge in [-0.15, -0.1) is 0 Å². The van der Waals surface area contributed by atoms with Crippen molar-refractivity contribution in [2.24, 2.45) is 5.92 Å². The van der Waals surface area contributed by atoms with E-state index in [0.29, 0.717) is 6.07 Å². The van der Waals surface area contributed by atoms with Gasteiger partial charge in [-0.05, 0) is 30.2 Å². The van der Waals surface area contributed by atoms with Crippen LogP contribution < -0.4 is 0 Å². The van der Waals surface area contributed by atoms with Crippen LogP contribution >= 0.6 is 0 Å². The van der Waals surface area contributed by atoms with Crippen molar-refractivity contribution in [3.8, 4) is 0 Å². The first-order valence-electron chi connectivity index (χ1n) is 6.67. The Morgan fingerprint density at radius 2 is 2.05 bits per heavy atom. The molecule has 0 spiro atoms. The Kier molecular flexibility index (Phi) is 4.72. The summed E-state index contributed by atoms with van der Waals surface area (Å²) in [4.78, 5) is 12.5. The minimum Gasteiger partial charge on any atom is -0.481 e. The van der Waals surface area contributed by atoms with Gasteiger partial charge in [0.2, 0.25) is 0 Å². The fourth-order valence-corrected chi connectivity index (χ4v) is 2.60. The highest BCUT2D eigenvalue weighted by molar-refractivity contribution is 5.71. The monoisotopic (exact) mass is 321 g/mol. The smallest absolute Gasteiger partial charge is 0.416 e. The number of nitrogens with zero attached hydrogens (tertiary/aromatic N) is 1. The van der Waals surface area contributed by atoms with Crippen LogP contribution in [0.4, 0.5) is 17.6 Å². The number of aliphatic carboxylic acids is 1. The third-order valence-corrected chi connectivity index (χ3v) is 3.74. The number of aliphatic hydroxyl groups is 1. The van der Waals surface area contributed by atoms with Gasteiger partial charge in [0.25, 0.3) is 0 Å². The van der Waals surface area contributed by atoms with Crippen LogP contribution in [0.3, 0.4) is 0 Å². The molecule has 8 heteroatoms. The van der Waals surface area contributed by atoms with E-state index in [2.05, 4.69) is 0 Å². The van der Waals surface area contributed by atoms with Crippen LogP contribution in [0.15, 0.2) is 18.2 Å². The van der Waals surface area contributed by atoms with Crippen molar-refractivity contribution in [3.05, 3.63) is 35.1 Å². The van der Waals surface area contributed by atoms with Gasteiger partial charge >= 0.3 is 12.1 Å². The zero-order valence-corrected chi connectivity index (χ0v) is 11.5. The maximum Gasteiger partial charge on any atom is 0.416 e. The Labute approximate surface area is 124 Å². The average molecular weight is 321 g/mol. The molecule has 0 aromatic heterocycles. The van der Waals surface area contributed by atoms with Crippen molar-refractivity contribution >= 4 is 5.97 Å². The van der Waals surface area contributed by atoms with Gasteiger partial charge in [-0.25, -0.2) is 4.39 Å². The number of hydrogen-bond donors (Lipinski definition) is 2. The van der Waals surface area contributed by atoms with Gasteiger partial charge < -0.3 is 10.2 Å². The molecule has 0 saturated carbocycles. The van der Waals surface area contributed by atoms with Crippen LogP contribution in [0.25, 0.3) is 0 Å². The average Bonchev–Trinajstić information content (AvgIpc) is 2.39. The molecule has 2 atom stereocenters. The largest absolute Gasteiger partial charge is 0.481 e. The predicted octanol–water partition coefficient (Wildman–Crippen LogP) is 2.11. The molecule has 1 aromatic rings. The molecule has 0 radical (unpaired) electrons. The summed E-state index contributed by atoms with van der Waals surface area (Å²) in [6, 6.07) is 2.23. The quantitative estimate of drug-likeness (QED) is 0.837. The molecule has 1 fully saturated rings. The van der Waals surface area contributed by atoms with E-state index < -0.39 is 35.5 Å². The van der Waals surface area contributed by atoms with E-state index >= 15 is 0 Å². The molecule has 1 saturated heterocycles. The van der Waals surface area contributed by atoms with Crippen LogP contribution in [0.2, 0.25) is 0 Å². The lowest BCUT2D eigenvalue weighted by Crippen LogP contribution is -2.46. The summed E-state index contributed by atoms with van der Waals surface area (Å²) >= 11 is 0. The lowest BCUT2D eigenvalue weighted by atomic mass is 9.94. The molecule has 2 N–H and O–H groups in total. The fraction of sp³-hybridized carbons (Fsp3) is 0.500. The minimum atomic E-state index is -4.61. The van der Waals surface area contributed by atoms with Crippen LogP contribution in [0.1, 0.15) is 17.5 Å². The molecule has 0 amide bonds. The molecule has 2 rings (SSSR count). The summed E-state index contributed by atoms with van der Waals surface area (Å²) in [5, 5.41) is 18.6. The number of carbonyl (C=O) groups is 1. The molecular formula is C14H15F4NO3. The van der Waals surface area contributed by atoms with Crippen molar-refractivity contribution < 1.29 is 32.6 Å². The van der Waals surface area contributed by atoms with Crippen LogP contribution in [0.5, 0.6) is 0 Å². The summed E-state index contributed by atoms with van der Waals surface area (Å²) in [5.41, 5.74) is -1.18. The Morgan fingerprint density at radius 1 is 1.36 bits per heavy atom. The highest BCUT2D eigenvalue weighted by atomic mass is 19.4. The molecule has 0 bridgehead atoms. The maximum atomic E-state index is 13.2. The third kappa shape index (κ3) is 3.75. The molecule has 22 heavy (non-hydrogen) atoms. The van der Waals surface area contributed by atoms with Crippen molar-refractivity contribution in [1.82, 2.24) is 4.90 Å². The number of halogens is 4. The molecule has 0 aliphatic carbocycles. The molecule has 1 aromatic carbocycles. The summed E-state index contributed by atoms with van der Waals surface area (Å²) in [5.74, 6) is -3.04. The third-order valence-electron chi connectivity index (χ3n) is 3.74. The van der Waals surface area contributed by atoms with Crippen molar-refractivity contribution in [1.29, 1.82) is 0 Å². The molecular weight excluding hydrogens is 306 g/mol. The summed E-state index contributed by atoms with van der Waals surface area (Å²) in [6.45, 7) is -0.0494. The molecule has 1 aliphatic rings. The Bertz CT molecular complexity index is 562. The second-order valence-electron chi connectivity index (χ2n) is 5.34. The van der Waals surface area contributed by atoms with E-state index in [4.69, 9.17) is 5.11 Å². The summed E-state index contributed by atoms with van der Waals surface area (Å²) < 4.78 is 52.0. The van der Waals surface area contributed by atoms with Crippen LogP contribution in [0, 0.1) is 11.7 Å². The lowest BCUT2D eigenvalue weighted by molar-refractivity contribution is -0.149. The van der Waals surface area contributed by atoms with E-state index in [9.17, 15) is 27.5 Å². The summed E-state index contributed by atoms with van der Waals surface area (Å²) in [7, 11) is 0. The Morgan fingerprint density at radius 3 is 2.64 bits per heavy atom. The van der Waals surface area contributed by atoms with Gasteiger partial charge in [0.15, 0.2) is 0 Å². The predicted molar refractivity (Wildman–Crippen MR) is 68.4 cm³/mol. The number of aliphatic hydroxyl groups excluding tert-OH is 1. The van der Waals surface area contributed by atoms with Crippen LogP contribution in [-0.2, 0) is 17.5 Å². The first-order valence-corrected chi connectivity index (χ1v) is 6.67. The standard InChI is InChI=1S/C14H15F4NO3/c15-9-1-2-11(14(16,17)18)8(5-9)6-19-4-3-12(20)10(7-19)13(21)22/h1-2,5,10,12,20H,3-4,6-7H2,(H,21,22)/t10-,12-/m0/s1. The van der Waals surface area contributed by atoms with E-state index in [1.807, 2.05) is 0 Å². The molecule has 122 valence electrons. The van der Waals surface area contributed by atoms with E-state index in [1.165, 1.54) is 4.90 Å². The first kappa shape index (κ1) is 16.7. The number of piperidine rings is 1. The second kappa shape index (κ2) is 6.21. The van der Waals surface area contributed by atoms with Crippen molar-refractivity contribution in [3.63, 3.8) is 0 Å². The zero-order chi connectivity index (χ0) is 16.5. The molecule has 4 nitrogen and oxygen atoms in total. The highest BCUT2D eigenvalue weighted by Crippen LogP contribution is 2.33. The van der Waals surface area contributed by atoms with Gasteiger partial charge in [-0.1, -0.05) is 0 Å². The second-order valence-corrected chi connectivity index (χ2v) is 5.34. The van der Waals surface area contributed by atoms with E-state index in [-0.39, 0.29) is 31.6 Å². The molecule has 0 unspecified atom stereocenters. The Hall–Kier alpha value is -1.67. The SMILES string of the molecule is O=C(O)[C@H]1CN(Cc2cc(F)ccc2C(F)(F)F)CC[C@@H]1O. The first-order chi connectivity index (χ1) is 10.2. The Balaban J connectivity index is 2.20. The minimum absolute atomic E-state index is 0.0791. The number of hydrogen-bond acceptors (Lipinski definition) is 3. The number of carboxylic acids is 1. The maximum absolute atomic E-state index is 13.2. The van der Waals surface area contributed by atoms with Crippen molar-refractivity contribution in [2.45, 2.75) is 25.2 Å². The number of alkyl halides is 3. The van der Waals surface area contributed by atoms with E-state index in [0.717, 1.165) is 12.1 Å². The van der Waals surface area contributed by atoms with E-state index in [1.54, 1.807) is 0 Å². The topological polar surface area (TPSA) is 60.8 Å². The van der Waals surface area contributed by atoms with Gasteiger partial charge in [-0.2, -0.15) is 13.2 Å². The van der Waals surface area contributed by atoms with Gasteiger partial charge in [0, 0.05) is 19.6 Å². The highest BCUT2D eigenvalue weighted by Gasteiger charge is 2.36. The van der Waals surface area contributed by atoms with Gasteiger partial charge in [-0.3, -0.25) is 9.69 Å².